The summed E-state index contributed by atoms with van der Waals surface area (Å²) in [6.45, 7) is 1.95. The van der Waals surface area contributed by atoms with E-state index in [1.54, 1.807) is 11.9 Å². The maximum Gasteiger partial charge on any atom is 0.266 e. The molecular weight excluding hydrogens is 356 g/mol. The summed E-state index contributed by atoms with van der Waals surface area (Å²) < 4.78 is 0.879. The SMILES string of the molecule is CN1CCC(N(C)C(=O)/C(C#N)=C\Nc2ccccc2Br)CC1. The minimum atomic E-state index is -0.235. The molecule has 0 atom stereocenters. The number of hydrogen-bond acceptors (Lipinski definition) is 4. The van der Waals surface area contributed by atoms with Crippen LogP contribution in [0.25, 0.3) is 0 Å². The van der Waals surface area contributed by atoms with Gasteiger partial charge in [-0.3, -0.25) is 4.79 Å². The second-order valence-electron chi connectivity index (χ2n) is 5.74. The highest BCUT2D eigenvalue weighted by Gasteiger charge is 2.25. The third-order valence-corrected chi connectivity index (χ3v) is 4.84. The smallest absolute Gasteiger partial charge is 0.266 e. The Labute approximate surface area is 145 Å². The molecule has 6 heteroatoms. The fourth-order valence-corrected chi connectivity index (χ4v) is 3.01. The van der Waals surface area contributed by atoms with E-state index in [0.717, 1.165) is 36.1 Å². The number of likely N-dealkylation sites (N-methyl/N-ethyl adjacent to an activating group) is 1. The summed E-state index contributed by atoms with van der Waals surface area (Å²) in [6.07, 6.45) is 3.36. The summed E-state index contributed by atoms with van der Waals surface area (Å²) in [4.78, 5) is 16.5. The van der Waals surface area contributed by atoms with Crippen molar-refractivity contribution in [2.75, 3.05) is 32.5 Å². The predicted octanol–water partition coefficient (Wildman–Crippen LogP) is 2.82. The van der Waals surface area contributed by atoms with Crippen molar-refractivity contribution in [3.8, 4) is 6.07 Å². The number of likely N-dealkylation sites (tertiary alicyclic amines) is 1. The molecule has 1 amide bonds. The highest BCUT2D eigenvalue weighted by Crippen LogP contribution is 2.22. The van der Waals surface area contributed by atoms with Gasteiger partial charge in [-0.05, 0) is 61.0 Å². The standard InChI is InChI=1S/C17H21BrN4O/c1-21-9-7-14(8-10-21)22(2)17(23)13(11-19)12-20-16-6-4-3-5-15(16)18/h3-6,12,14,20H,7-10H2,1-2H3/b13-12-. The number of nitrogens with one attached hydrogen (secondary N) is 1. The summed E-state index contributed by atoms with van der Waals surface area (Å²) in [7, 11) is 3.86. The van der Waals surface area contributed by atoms with E-state index < -0.39 is 0 Å². The number of hydrogen-bond donors (Lipinski definition) is 1. The first-order valence-electron chi connectivity index (χ1n) is 7.60. The molecule has 0 aromatic heterocycles. The lowest BCUT2D eigenvalue weighted by Gasteiger charge is -2.35. The number of para-hydroxylation sites is 1. The molecule has 0 spiro atoms. The van der Waals surface area contributed by atoms with Crippen LogP contribution in [0.2, 0.25) is 0 Å². The highest BCUT2D eigenvalue weighted by atomic mass is 79.9. The Morgan fingerprint density at radius 3 is 2.70 bits per heavy atom. The second kappa shape index (κ2) is 8.14. The van der Waals surface area contributed by atoms with Gasteiger partial charge in [-0.2, -0.15) is 5.26 Å². The summed E-state index contributed by atoms with van der Waals surface area (Å²) in [5.74, 6) is -0.235. The van der Waals surface area contributed by atoms with Gasteiger partial charge >= 0.3 is 0 Å². The highest BCUT2D eigenvalue weighted by molar-refractivity contribution is 9.10. The van der Waals surface area contributed by atoms with E-state index in [0.29, 0.717) is 0 Å². The first kappa shape index (κ1) is 17.5. The fraction of sp³-hybridized carbons (Fsp3) is 0.412. The Hall–Kier alpha value is -1.84. The van der Waals surface area contributed by atoms with Crippen molar-refractivity contribution in [2.45, 2.75) is 18.9 Å². The summed E-state index contributed by atoms with van der Waals surface area (Å²) >= 11 is 3.43. The van der Waals surface area contributed by atoms with Crippen molar-refractivity contribution >= 4 is 27.5 Å². The van der Waals surface area contributed by atoms with Crippen LogP contribution >= 0.6 is 15.9 Å². The molecule has 23 heavy (non-hydrogen) atoms. The molecule has 0 unspecified atom stereocenters. The van der Waals surface area contributed by atoms with Gasteiger partial charge in [-0.1, -0.05) is 12.1 Å². The Morgan fingerprint density at radius 2 is 2.09 bits per heavy atom. The number of halogens is 1. The molecule has 1 aliphatic heterocycles. The van der Waals surface area contributed by atoms with Gasteiger partial charge in [-0.15, -0.1) is 0 Å². The van der Waals surface area contributed by atoms with Crippen LogP contribution in [-0.2, 0) is 4.79 Å². The van der Waals surface area contributed by atoms with Gasteiger partial charge in [0.2, 0.25) is 0 Å². The molecule has 0 bridgehead atoms. The molecule has 1 N–H and O–H groups in total. The lowest BCUT2D eigenvalue weighted by Crippen LogP contribution is -2.44. The van der Waals surface area contributed by atoms with Gasteiger partial charge in [0, 0.05) is 23.8 Å². The van der Waals surface area contributed by atoms with Gasteiger partial charge in [0.1, 0.15) is 11.6 Å². The average Bonchev–Trinajstić information content (AvgIpc) is 2.56. The largest absolute Gasteiger partial charge is 0.359 e. The molecule has 2 rings (SSSR count). The number of piperidine rings is 1. The monoisotopic (exact) mass is 376 g/mol. The number of carbonyl (C=O) groups excluding carboxylic acids is 1. The van der Waals surface area contributed by atoms with E-state index in [2.05, 4.69) is 33.2 Å². The van der Waals surface area contributed by atoms with E-state index in [1.165, 1.54) is 6.20 Å². The molecule has 1 aromatic carbocycles. The molecule has 122 valence electrons. The van der Waals surface area contributed by atoms with Crippen molar-refractivity contribution in [3.63, 3.8) is 0 Å². The predicted molar refractivity (Wildman–Crippen MR) is 94.7 cm³/mol. The maximum atomic E-state index is 12.5. The Morgan fingerprint density at radius 1 is 1.43 bits per heavy atom. The van der Waals surface area contributed by atoms with Crippen LogP contribution in [0.1, 0.15) is 12.8 Å². The van der Waals surface area contributed by atoms with Gasteiger partial charge < -0.3 is 15.1 Å². The number of carbonyl (C=O) groups is 1. The quantitative estimate of drug-likeness (QED) is 0.648. The van der Waals surface area contributed by atoms with Gasteiger partial charge in [-0.25, -0.2) is 0 Å². The Balaban J connectivity index is 2.04. The van der Waals surface area contributed by atoms with E-state index in [1.807, 2.05) is 30.3 Å². The fourth-order valence-electron chi connectivity index (χ4n) is 2.61. The summed E-state index contributed by atoms with van der Waals surface area (Å²) in [5, 5.41) is 12.3. The molecule has 5 nitrogen and oxygen atoms in total. The summed E-state index contributed by atoms with van der Waals surface area (Å²) in [6, 6.07) is 9.76. The minimum Gasteiger partial charge on any atom is -0.359 e. The van der Waals surface area contributed by atoms with Crippen LogP contribution < -0.4 is 5.32 Å². The molecule has 1 aliphatic rings. The number of rotatable bonds is 4. The van der Waals surface area contributed by atoms with Gasteiger partial charge in [0.15, 0.2) is 0 Å². The third-order valence-electron chi connectivity index (χ3n) is 4.15. The number of amides is 1. The van der Waals surface area contributed by atoms with Gasteiger partial charge in [0.05, 0.1) is 5.69 Å². The number of benzene rings is 1. The van der Waals surface area contributed by atoms with E-state index in [4.69, 9.17) is 0 Å². The topological polar surface area (TPSA) is 59.4 Å². The Bertz CT molecular complexity index is 630. The normalized spacial score (nSPS) is 16.7. The maximum absolute atomic E-state index is 12.5. The molecule has 1 fully saturated rings. The molecule has 1 saturated heterocycles. The average molecular weight is 377 g/mol. The summed E-state index contributed by atoms with van der Waals surface area (Å²) in [5.41, 5.74) is 0.928. The Kier molecular flexibility index (Phi) is 6.20. The van der Waals surface area contributed by atoms with E-state index in [-0.39, 0.29) is 17.5 Å². The number of nitriles is 1. The van der Waals surface area contributed by atoms with Crippen molar-refractivity contribution < 1.29 is 4.79 Å². The van der Waals surface area contributed by atoms with Crippen LogP contribution in [0, 0.1) is 11.3 Å². The zero-order valence-corrected chi connectivity index (χ0v) is 15.0. The van der Waals surface area contributed by atoms with Crippen molar-refractivity contribution in [3.05, 3.63) is 40.5 Å². The van der Waals surface area contributed by atoms with Crippen LogP contribution in [-0.4, -0.2) is 48.9 Å². The molecular formula is C17H21BrN4O. The van der Waals surface area contributed by atoms with Crippen LogP contribution in [0.3, 0.4) is 0 Å². The first-order valence-corrected chi connectivity index (χ1v) is 8.39. The first-order chi connectivity index (χ1) is 11.0. The number of anilines is 1. The van der Waals surface area contributed by atoms with Crippen molar-refractivity contribution in [1.82, 2.24) is 9.80 Å². The lowest BCUT2D eigenvalue weighted by atomic mass is 10.0. The lowest BCUT2D eigenvalue weighted by molar-refractivity contribution is -0.128. The zero-order chi connectivity index (χ0) is 16.8. The van der Waals surface area contributed by atoms with Crippen molar-refractivity contribution in [2.24, 2.45) is 0 Å². The van der Waals surface area contributed by atoms with E-state index in [9.17, 15) is 10.1 Å². The zero-order valence-electron chi connectivity index (χ0n) is 13.4. The number of nitrogens with zero attached hydrogens (tertiary/aromatic N) is 3. The molecule has 0 aliphatic carbocycles. The molecule has 1 aromatic rings. The minimum absolute atomic E-state index is 0.113. The second-order valence-corrected chi connectivity index (χ2v) is 6.60. The van der Waals surface area contributed by atoms with Crippen LogP contribution in [0.15, 0.2) is 40.5 Å². The van der Waals surface area contributed by atoms with Crippen LogP contribution in [0.5, 0.6) is 0 Å². The molecule has 1 heterocycles. The third kappa shape index (κ3) is 4.57. The molecule has 0 saturated carbocycles. The molecule has 0 radical (unpaired) electrons. The van der Waals surface area contributed by atoms with Gasteiger partial charge in [0.25, 0.3) is 5.91 Å². The van der Waals surface area contributed by atoms with Crippen LogP contribution in [0.4, 0.5) is 5.69 Å². The van der Waals surface area contributed by atoms with Crippen molar-refractivity contribution in [1.29, 1.82) is 5.26 Å². The van der Waals surface area contributed by atoms with E-state index >= 15 is 0 Å².